The predicted octanol–water partition coefficient (Wildman–Crippen LogP) is 3.39. The number of rotatable bonds is 3. The molecule has 0 aromatic heterocycles. The first-order valence-electron chi connectivity index (χ1n) is 4.75. The molecule has 0 saturated heterocycles. The Kier molecular flexibility index (Phi) is 4.80. The fourth-order valence-electron chi connectivity index (χ4n) is 1.31. The monoisotopic (exact) mass is 269 g/mol. The van der Waals surface area contributed by atoms with Crippen LogP contribution in [-0.4, -0.2) is 0 Å². The smallest absolute Gasteiger partial charge is 0.128 e. The second-order valence-electron chi connectivity index (χ2n) is 3.24. The maximum Gasteiger partial charge on any atom is 0.128 e. The molecule has 1 nitrogen and oxygen atoms in total. The van der Waals surface area contributed by atoms with Crippen LogP contribution < -0.4 is 5.73 Å². The van der Waals surface area contributed by atoms with Crippen LogP contribution in [0.15, 0.2) is 22.7 Å². The summed E-state index contributed by atoms with van der Waals surface area (Å²) in [5, 5.41) is 0. The SMILES string of the molecule is CC#CCCC(N)c1cc(Br)ccc1F. The molecule has 80 valence electrons. The first kappa shape index (κ1) is 12.2. The number of benzene rings is 1. The van der Waals surface area contributed by atoms with Crippen LogP contribution in [0.1, 0.15) is 31.4 Å². The maximum absolute atomic E-state index is 13.4. The lowest BCUT2D eigenvalue weighted by Gasteiger charge is -2.11. The molecule has 15 heavy (non-hydrogen) atoms. The highest BCUT2D eigenvalue weighted by Gasteiger charge is 2.10. The molecule has 0 bridgehead atoms. The normalized spacial score (nSPS) is 11.7. The third-order valence-electron chi connectivity index (χ3n) is 2.11. The molecule has 1 unspecified atom stereocenters. The van der Waals surface area contributed by atoms with Gasteiger partial charge in [-0.1, -0.05) is 15.9 Å². The van der Waals surface area contributed by atoms with Gasteiger partial charge in [-0.25, -0.2) is 4.39 Å². The number of nitrogens with two attached hydrogens (primary N) is 1. The summed E-state index contributed by atoms with van der Waals surface area (Å²) in [5.74, 6) is 5.46. The predicted molar refractivity (Wildman–Crippen MR) is 63.7 cm³/mol. The molecule has 0 amide bonds. The Morgan fingerprint density at radius 1 is 1.53 bits per heavy atom. The molecule has 1 rings (SSSR count). The second kappa shape index (κ2) is 5.89. The van der Waals surface area contributed by atoms with E-state index in [1.54, 1.807) is 19.1 Å². The summed E-state index contributed by atoms with van der Waals surface area (Å²) in [6.07, 6.45) is 1.37. The summed E-state index contributed by atoms with van der Waals surface area (Å²) < 4.78 is 14.2. The molecular formula is C12H13BrFN. The van der Waals surface area contributed by atoms with E-state index in [-0.39, 0.29) is 11.9 Å². The summed E-state index contributed by atoms with van der Waals surface area (Å²) in [5.41, 5.74) is 6.42. The van der Waals surface area contributed by atoms with Crippen molar-refractivity contribution in [1.82, 2.24) is 0 Å². The first-order valence-corrected chi connectivity index (χ1v) is 5.54. The van der Waals surface area contributed by atoms with Crippen molar-refractivity contribution in [2.24, 2.45) is 5.73 Å². The van der Waals surface area contributed by atoms with Gasteiger partial charge in [0, 0.05) is 22.5 Å². The zero-order chi connectivity index (χ0) is 11.3. The van der Waals surface area contributed by atoms with Crippen molar-refractivity contribution in [3.63, 3.8) is 0 Å². The zero-order valence-electron chi connectivity index (χ0n) is 8.56. The molecule has 0 heterocycles. The van der Waals surface area contributed by atoms with Gasteiger partial charge in [-0.15, -0.1) is 11.8 Å². The zero-order valence-corrected chi connectivity index (χ0v) is 10.1. The van der Waals surface area contributed by atoms with Gasteiger partial charge in [-0.3, -0.25) is 0 Å². The quantitative estimate of drug-likeness (QED) is 0.837. The van der Waals surface area contributed by atoms with Gasteiger partial charge in [-0.2, -0.15) is 0 Å². The van der Waals surface area contributed by atoms with E-state index in [1.807, 2.05) is 0 Å². The van der Waals surface area contributed by atoms with Gasteiger partial charge in [-0.05, 0) is 31.5 Å². The molecule has 0 saturated carbocycles. The molecule has 3 heteroatoms. The van der Waals surface area contributed by atoms with Gasteiger partial charge in [0.2, 0.25) is 0 Å². The molecule has 0 spiro atoms. The second-order valence-corrected chi connectivity index (χ2v) is 4.15. The van der Waals surface area contributed by atoms with E-state index in [0.29, 0.717) is 18.4 Å². The number of halogens is 2. The van der Waals surface area contributed by atoms with Gasteiger partial charge in [0.05, 0.1) is 0 Å². The van der Waals surface area contributed by atoms with E-state index >= 15 is 0 Å². The third kappa shape index (κ3) is 3.65. The van der Waals surface area contributed by atoms with Crippen molar-refractivity contribution in [2.45, 2.75) is 25.8 Å². The van der Waals surface area contributed by atoms with Gasteiger partial charge >= 0.3 is 0 Å². The number of hydrogen-bond donors (Lipinski definition) is 1. The van der Waals surface area contributed by atoms with Crippen LogP contribution in [0.2, 0.25) is 0 Å². The molecule has 1 atom stereocenters. The van der Waals surface area contributed by atoms with E-state index in [9.17, 15) is 4.39 Å². The van der Waals surface area contributed by atoms with Crippen LogP contribution in [0.3, 0.4) is 0 Å². The van der Waals surface area contributed by atoms with Crippen molar-refractivity contribution in [3.05, 3.63) is 34.1 Å². The molecule has 0 fully saturated rings. The molecule has 0 aliphatic carbocycles. The summed E-state index contributed by atoms with van der Waals surface area (Å²) >= 11 is 3.30. The van der Waals surface area contributed by atoms with Crippen LogP contribution in [0.5, 0.6) is 0 Å². The average molecular weight is 270 g/mol. The lowest BCUT2D eigenvalue weighted by atomic mass is 10.0. The number of hydrogen-bond acceptors (Lipinski definition) is 1. The van der Waals surface area contributed by atoms with E-state index in [2.05, 4.69) is 27.8 Å². The van der Waals surface area contributed by atoms with Crippen LogP contribution >= 0.6 is 15.9 Å². The Hall–Kier alpha value is -0.850. The van der Waals surface area contributed by atoms with E-state index < -0.39 is 0 Å². The lowest BCUT2D eigenvalue weighted by molar-refractivity contribution is 0.567. The maximum atomic E-state index is 13.4. The lowest BCUT2D eigenvalue weighted by Crippen LogP contribution is -2.11. The van der Waals surface area contributed by atoms with Crippen LogP contribution in [0, 0.1) is 17.7 Å². The molecule has 1 aromatic rings. The molecule has 0 aliphatic heterocycles. The van der Waals surface area contributed by atoms with E-state index in [4.69, 9.17) is 5.73 Å². The molecule has 0 aliphatic rings. The van der Waals surface area contributed by atoms with Gasteiger partial charge in [0.15, 0.2) is 0 Å². The highest BCUT2D eigenvalue weighted by atomic mass is 79.9. The standard InChI is InChI=1S/C12H13BrFN/c1-2-3-4-5-12(15)10-8-9(13)6-7-11(10)14/h6-8,12H,4-5,15H2,1H3. The summed E-state index contributed by atoms with van der Waals surface area (Å²) in [4.78, 5) is 0. The van der Waals surface area contributed by atoms with E-state index in [1.165, 1.54) is 6.07 Å². The molecule has 0 radical (unpaired) electrons. The van der Waals surface area contributed by atoms with Crippen molar-refractivity contribution in [2.75, 3.05) is 0 Å². The fourth-order valence-corrected chi connectivity index (χ4v) is 1.69. The molecule has 2 N–H and O–H groups in total. The van der Waals surface area contributed by atoms with Crippen molar-refractivity contribution < 1.29 is 4.39 Å². The Balaban J connectivity index is 2.74. The first-order chi connectivity index (χ1) is 7.15. The Morgan fingerprint density at radius 3 is 2.93 bits per heavy atom. The average Bonchev–Trinajstić information content (AvgIpc) is 2.22. The highest BCUT2D eigenvalue weighted by molar-refractivity contribution is 9.10. The van der Waals surface area contributed by atoms with Gasteiger partial charge < -0.3 is 5.73 Å². The van der Waals surface area contributed by atoms with Crippen LogP contribution in [0.4, 0.5) is 4.39 Å². The van der Waals surface area contributed by atoms with Gasteiger partial charge in [0.25, 0.3) is 0 Å². The minimum atomic E-state index is -0.289. The van der Waals surface area contributed by atoms with E-state index in [0.717, 1.165) is 4.47 Å². The minimum Gasteiger partial charge on any atom is -0.324 e. The topological polar surface area (TPSA) is 26.0 Å². The molecule has 1 aromatic carbocycles. The van der Waals surface area contributed by atoms with Crippen LogP contribution in [0.25, 0.3) is 0 Å². The fraction of sp³-hybridized carbons (Fsp3) is 0.333. The third-order valence-corrected chi connectivity index (χ3v) is 2.61. The summed E-state index contributed by atoms with van der Waals surface area (Å²) in [6, 6.07) is 4.52. The summed E-state index contributed by atoms with van der Waals surface area (Å²) in [7, 11) is 0. The van der Waals surface area contributed by atoms with Crippen molar-refractivity contribution in [1.29, 1.82) is 0 Å². The van der Waals surface area contributed by atoms with Crippen molar-refractivity contribution >= 4 is 15.9 Å². The highest BCUT2D eigenvalue weighted by Crippen LogP contribution is 2.22. The molecular weight excluding hydrogens is 257 g/mol. The van der Waals surface area contributed by atoms with Crippen molar-refractivity contribution in [3.8, 4) is 11.8 Å². The summed E-state index contributed by atoms with van der Waals surface area (Å²) in [6.45, 7) is 1.78. The Labute approximate surface area is 98.0 Å². The van der Waals surface area contributed by atoms with Gasteiger partial charge in [0.1, 0.15) is 5.82 Å². The van der Waals surface area contributed by atoms with Crippen LogP contribution in [-0.2, 0) is 0 Å². The Morgan fingerprint density at radius 2 is 2.27 bits per heavy atom. The minimum absolute atomic E-state index is 0.254. The Bertz CT molecular complexity index is 392. The largest absolute Gasteiger partial charge is 0.324 e.